The molecule has 2 aromatic carbocycles. The summed E-state index contributed by atoms with van der Waals surface area (Å²) in [6.07, 6.45) is 0. The zero-order valence-electron chi connectivity index (χ0n) is 10.1. The van der Waals surface area contributed by atoms with Crippen LogP contribution in [0.1, 0.15) is 0 Å². The molecule has 1 N–H and O–H groups in total. The molecule has 0 aliphatic carbocycles. The first-order valence-electron chi connectivity index (χ1n) is 5.51. The Morgan fingerprint density at radius 2 is 1.89 bits per heavy atom. The van der Waals surface area contributed by atoms with Crippen LogP contribution in [-0.2, 0) is 4.57 Å². The largest absolute Gasteiger partial charge is 0.429 e. The first-order chi connectivity index (χ1) is 8.94. The SMILES string of the molecule is C[P@](=O)(Nc1cccc(F)c1)Oc1ccc(Cl)cc1. The molecule has 0 aliphatic rings. The summed E-state index contributed by atoms with van der Waals surface area (Å²) in [6, 6.07) is 12.2. The van der Waals surface area contributed by atoms with E-state index in [1.54, 1.807) is 30.3 Å². The molecule has 2 rings (SSSR count). The zero-order valence-corrected chi connectivity index (χ0v) is 11.8. The van der Waals surface area contributed by atoms with Crippen LogP contribution >= 0.6 is 19.1 Å². The van der Waals surface area contributed by atoms with E-state index in [0.29, 0.717) is 16.5 Å². The minimum atomic E-state index is -3.13. The average molecular weight is 300 g/mol. The Hall–Kier alpha value is -1.51. The minimum absolute atomic E-state index is 0.403. The summed E-state index contributed by atoms with van der Waals surface area (Å²) in [5.74, 6) is 0.0237. The van der Waals surface area contributed by atoms with Crippen LogP contribution in [0.25, 0.3) is 0 Å². The van der Waals surface area contributed by atoms with Crippen molar-refractivity contribution in [2.75, 3.05) is 11.8 Å². The third-order valence-corrected chi connectivity index (χ3v) is 3.73. The number of rotatable bonds is 4. The second-order valence-corrected chi connectivity index (χ2v) is 6.55. The Morgan fingerprint density at radius 1 is 1.21 bits per heavy atom. The summed E-state index contributed by atoms with van der Waals surface area (Å²) in [4.78, 5) is 0. The van der Waals surface area contributed by atoms with Crippen LogP contribution < -0.4 is 9.61 Å². The van der Waals surface area contributed by atoms with Gasteiger partial charge in [0.15, 0.2) is 0 Å². The first-order valence-corrected chi connectivity index (χ1v) is 7.96. The fourth-order valence-corrected chi connectivity index (χ4v) is 2.82. The van der Waals surface area contributed by atoms with E-state index < -0.39 is 13.3 Å². The van der Waals surface area contributed by atoms with Crippen molar-refractivity contribution in [1.29, 1.82) is 0 Å². The summed E-state index contributed by atoms with van der Waals surface area (Å²) >= 11 is 5.75. The Morgan fingerprint density at radius 3 is 2.53 bits per heavy atom. The highest BCUT2D eigenvalue weighted by Gasteiger charge is 2.17. The van der Waals surface area contributed by atoms with Gasteiger partial charge in [0.2, 0.25) is 0 Å². The highest BCUT2D eigenvalue weighted by Crippen LogP contribution is 2.43. The van der Waals surface area contributed by atoms with Crippen molar-refractivity contribution < 1.29 is 13.5 Å². The van der Waals surface area contributed by atoms with Crippen molar-refractivity contribution in [3.8, 4) is 5.75 Å². The first kappa shape index (κ1) is 13.9. The second kappa shape index (κ2) is 5.64. The maximum absolute atomic E-state index is 13.0. The van der Waals surface area contributed by atoms with E-state index in [9.17, 15) is 8.96 Å². The van der Waals surface area contributed by atoms with E-state index in [2.05, 4.69) is 5.09 Å². The molecule has 0 fully saturated rings. The summed E-state index contributed by atoms with van der Waals surface area (Å²) in [7, 11) is -3.13. The maximum Gasteiger partial charge on any atom is 0.338 e. The van der Waals surface area contributed by atoms with Crippen LogP contribution in [0.15, 0.2) is 48.5 Å². The van der Waals surface area contributed by atoms with E-state index >= 15 is 0 Å². The molecule has 2 aromatic rings. The van der Waals surface area contributed by atoms with E-state index in [0.717, 1.165) is 0 Å². The third-order valence-electron chi connectivity index (χ3n) is 2.25. The van der Waals surface area contributed by atoms with Crippen molar-refractivity contribution >= 4 is 24.8 Å². The number of anilines is 1. The van der Waals surface area contributed by atoms with Crippen LogP contribution in [0, 0.1) is 5.82 Å². The molecule has 0 saturated carbocycles. The summed E-state index contributed by atoms with van der Waals surface area (Å²) in [6.45, 7) is 1.42. The molecular weight excluding hydrogens is 288 g/mol. The van der Waals surface area contributed by atoms with Gasteiger partial charge in [-0.25, -0.2) is 4.39 Å². The molecule has 6 heteroatoms. The topological polar surface area (TPSA) is 38.3 Å². The van der Waals surface area contributed by atoms with Crippen molar-refractivity contribution in [3.05, 3.63) is 59.4 Å². The molecule has 0 heterocycles. The summed E-state index contributed by atoms with van der Waals surface area (Å²) in [5.41, 5.74) is 0.403. The van der Waals surface area contributed by atoms with Crippen LogP contribution in [-0.4, -0.2) is 6.66 Å². The Bertz CT molecular complexity index is 618. The van der Waals surface area contributed by atoms with Gasteiger partial charge in [-0.05, 0) is 42.5 Å². The summed E-state index contributed by atoms with van der Waals surface area (Å²) in [5, 5.41) is 3.25. The van der Waals surface area contributed by atoms with Crippen molar-refractivity contribution in [3.63, 3.8) is 0 Å². The average Bonchev–Trinajstić information content (AvgIpc) is 2.31. The van der Waals surface area contributed by atoms with Gasteiger partial charge in [-0.2, -0.15) is 0 Å². The number of benzene rings is 2. The van der Waals surface area contributed by atoms with Crippen molar-refractivity contribution in [1.82, 2.24) is 0 Å². The van der Waals surface area contributed by atoms with Crippen molar-refractivity contribution in [2.24, 2.45) is 0 Å². The fourth-order valence-electron chi connectivity index (χ4n) is 1.51. The van der Waals surface area contributed by atoms with Gasteiger partial charge in [0.1, 0.15) is 11.6 Å². The predicted molar refractivity (Wildman–Crippen MR) is 75.6 cm³/mol. The molecule has 0 radical (unpaired) electrons. The van der Waals surface area contributed by atoms with Crippen LogP contribution in [0.5, 0.6) is 5.75 Å². The van der Waals surface area contributed by atoms with E-state index in [1.807, 2.05) is 0 Å². The van der Waals surface area contributed by atoms with Gasteiger partial charge in [0.05, 0.1) is 0 Å². The Balaban J connectivity index is 2.10. The van der Waals surface area contributed by atoms with Gasteiger partial charge >= 0.3 is 7.52 Å². The molecular formula is C13H12ClFNO2P. The fraction of sp³-hybridized carbons (Fsp3) is 0.0769. The molecule has 0 bridgehead atoms. The minimum Gasteiger partial charge on any atom is -0.429 e. The molecule has 3 nitrogen and oxygen atoms in total. The maximum atomic E-state index is 13.0. The Labute approximate surface area is 115 Å². The van der Waals surface area contributed by atoms with Crippen LogP contribution in [0.2, 0.25) is 5.02 Å². The zero-order chi connectivity index (χ0) is 13.9. The van der Waals surface area contributed by atoms with E-state index in [-0.39, 0.29) is 0 Å². The molecule has 19 heavy (non-hydrogen) atoms. The lowest BCUT2D eigenvalue weighted by molar-refractivity contribution is 0.493. The number of hydrogen-bond donors (Lipinski definition) is 1. The molecule has 0 unspecified atom stereocenters. The van der Waals surface area contributed by atoms with Gasteiger partial charge in [-0.15, -0.1) is 0 Å². The van der Waals surface area contributed by atoms with E-state index in [1.165, 1.54) is 24.9 Å². The highest BCUT2D eigenvalue weighted by molar-refractivity contribution is 7.60. The quantitative estimate of drug-likeness (QED) is 0.825. The highest BCUT2D eigenvalue weighted by atomic mass is 35.5. The molecule has 0 spiro atoms. The third kappa shape index (κ3) is 4.27. The molecule has 100 valence electrons. The number of halogens is 2. The summed E-state index contributed by atoms with van der Waals surface area (Å²) < 4.78 is 30.7. The van der Waals surface area contributed by atoms with Gasteiger partial charge in [0.25, 0.3) is 0 Å². The lowest BCUT2D eigenvalue weighted by atomic mass is 10.3. The lowest BCUT2D eigenvalue weighted by Crippen LogP contribution is -2.02. The molecule has 0 aliphatic heterocycles. The monoisotopic (exact) mass is 299 g/mol. The molecule has 0 saturated heterocycles. The number of nitrogens with one attached hydrogen (secondary N) is 1. The van der Waals surface area contributed by atoms with Gasteiger partial charge < -0.3 is 9.61 Å². The van der Waals surface area contributed by atoms with Gasteiger partial charge in [-0.3, -0.25) is 4.57 Å². The van der Waals surface area contributed by atoms with Crippen molar-refractivity contribution in [2.45, 2.75) is 0 Å². The predicted octanol–water partition coefficient (Wildman–Crippen LogP) is 4.79. The normalized spacial score (nSPS) is 13.6. The van der Waals surface area contributed by atoms with Gasteiger partial charge in [0, 0.05) is 17.4 Å². The van der Waals surface area contributed by atoms with E-state index in [4.69, 9.17) is 16.1 Å². The lowest BCUT2D eigenvalue weighted by Gasteiger charge is -2.17. The smallest absolute Gasteiger partial charge is 0.338 e. The molecule has 0 amide bonds. The molecule has 1 atom stereocenters. The number of hydrogen-bond acceptors (Lipinski definition) is 2. The Kier molecular flexibility index (Phi) is 4.13. The van der Waals surface area contributed by atoms with Gasteiger partial charge in [-0.1, -0.05) is 17.7 Å². The van der Waals surface area contributed by atoms with Crippen LogP contribution in [0.3, 0.4) is 0 Å². The standard InChI is InChI=1S/C13H12ClFNO2P/c1-19(17,16-12-4-2-3-11(15)9-12)18-13-7-5-10(14)6-8-13/h2-9H,1H3,(H,16,17)/t19-/m1/s1. The van der Waals surface area contributed by atoms with Crippen LogP contribution in [0.4, 0.5) is 10.1 Å². The molecule has 0 aromatic heterocycles. The second-order valence-electron chi connectivity index (χ2n) is 4.01.